The minimum Gasteiger partial charge on any atom is -0.265 e. The summed E-state index contributed by atoms with van der Waals surface area (Å²) >= 11 is 15.8. The minimum atomic E-state index is 0.319. The average molecular weight is 354 g/mol. The van der Waals surface area contributed by atoms with Crippen molar-refractivity contribution in [1.82, 2.24) is 4.98 Å². The lowest BCUT2D eigenvalue weighted by molar-refractivity contribution is 1.32. The summed E-state index contributed by atoms with van der Waals surface area (Å²) in [5, 5.41) is 10.1. The van der Waals surface area contributed by atoms with Gasteiger partial charge in [0.2, 0.25) is 0 Å². The lowest BCUT2D eigenvalue weighted by Gasteiger charge is -2.07. The van der Waals surface area contributed by atoms with E-state index in [1.165, 1.54) is 0 Å². The van der Waals surface area contributed by atoms with Crippen molar-refractivity contribution in [3.8, 4) is 6.07 Å². The van der Waals surface area contributed by atoms with Crippen LogP contribution in [0.2, 0.25) is 5.02 Å². The monoisotopic (exact) mass is 352 g/mol. The number of pyridine rings is 1. The largest absolute Gasteiger partial charge is 0.265 e. The smallest absolute Gasteiger partial charge is 0.101 e. The maximum absolute atomic E-state index is 9.30. The molecule has 2 aromatic rings. The van der Waals surface area contributed by atoms with Gasteiger partial charge in [-0.3, -0.25) is 4.98 Å². The SMILES string of the molecule is N#C/C(=C(/Cl)c1cccc(Br)c1Cl)c1ccncc1. The van der Waals surface area contributed by atoms with E-state index in [1.807, 2.05) is 12.1 Å². The van der Waals surface area contributed by atoms with Gasteiger partial charge in [0.05, 0.1) is 15.6 Å². The van der Waals surface area contributed by atoms with Gasteiger partial charge in [-0.25, -0.2) is 0 Å². The molecular weight excluding hydrogens is 347 g/mol. The summed E-state index contributed by atoms with van der Waals surface area (Å²) in [4.78, 5) is 3.92. The topological polar surface area (TPSA) is 36.7 Å². The van der Waals surface area contributed by atoms with Crippen LogP contribution in [0.4, 0.5) is 0 Å². The number of hydrogen-bond acceptors (Lipinski definition) is 2. The van der Waals surface area contributed by atoms with Crippen molar-refractivity contribution in [1.29, 1.82) is 5.26 Å². The first-order chi connectivity index (χ1) is 9.15. The van der Waals surface area contributed by atoms with Gasteiger partial charge in [0.15, 0.2) is 0 Å². The van der Waals surface area contributed by atoms with Crippen molar-refractivity contribution in [3.05, 3.63) is 63.3 Å². The normalized spacial score (nSPS) is 11.7. The summed E-state index contributed by atoms with van der Waals surface area (Å²) in [6, 6.07) is 11.0. The number of halogens is 3. The second-order valence-corrected chi connectivity index (χ2v) is 5.25. The fourth-order valence-corrected chi connectivity index (χ4v) is 2.51. The van der Waals surface area contributed by atoms with Crippen molar-refractivity contribution in [3.63, 3.8) is 0 Å². The molecule has 0 saturated carbocycles. The van der Waals surface area contributed by atoms with Crippen LogP contribution in [0.25, 0.3) is 10.6 Å². The highest BCUT2D eigenvalue weighted by atomic mass is 79.9. The van der Waals surface area contributed by atoms with Crippen LogP contribution in [0, 0.1) is 11.3 Å². The van der Waals surface area contributed by atoms with Gasteiger partial charge in [-0.15, -0.1) is 0 Å². The fourth-order valence-electron chi connectivity index (χ4n) is 1.57. The van der Waals surface area contributed by atoms with Gasteiger partial charge in [-0.2, -0.15) is 5.26 Å². The molecule has 0 fully saturated rings. The number of nitriles is 1. The summed E-state index contributed by atoms with van der Waals surface area (Å²) in [6.45, 7) is 0. The van der Waals surface area contributed by atoms with Crippen molar-refractivity contribution in [2.45, 2.75) is 0 Å². The van der Waals surface area contributed by atoms with Crippen molar-refractivity contribution in [2.24, 2.45) is 0 Å². The van der Waals surface area contributed by atoms with Crippen LogP contribution in [0.1, 0.15) is 11.1 Å². The van der Waals surface area contributed by atoms with Gasteiger partial charge >= 0.3 is 0 Å². The number of allylic oxidation sites excluding steroid dienone is 1. The maximum Gasteiger partial charge on any atom is 0.101 e. The molecule has 5 heteroatoms. The molecule has 2 nitrogen and oxygen atoms in total. The van der Waals surface area contributed by atoms with Gasteiger partial charge in [-0.1, -0.05) is 35.3 Å². The van der Waals surface area contributed by atoms with Gasteiger partial charge in [0.1, 0.15) is 6.07 Å². The first-order valence-electron chi connectivity index (χ1n) is 5.29. The standard InChI is InChI=1S/C14H7BrCl2N2/c15-12-3-1-2-10(14(12)17)13(16)11(8-18)9-4-6-19-7-5-9/h1-7H/b13-11-. The van der Waals surface area contributed by atoms with Gasteiger partial charge in [0.25, 0.3) is 0 Å². The van der Waals surface area contributed by atoms with Crippen LogP contribution < -0.4 is 0 Å². The molecule has 0 spiro atoms. The quantitative estimate of drug-likeness (QED) is 0.702. The predicted molar refractivity (Wildman–Crippen MR) is 81.7 cm³/mol. The van der Waals surface area contributed by atoms with Crippen molar-refractivity contribution in [2.75, 3.05) is 0 Å². The molecule has 94 valence electrons. The van der Waals surface area contributed by atoms with Gasteiger partial charge < -0.3 is 0 Å². The fraction of sp³-hybridized carbons (Fsp3) is 0. The van der Waals surface area contributed by atoms with Crippen molar-refractivity contribution < 1.29 is 0 Å². The van der Waals surface area contributed by atoms with E-state index in [4.69, 9.17) is 23.2 Å². The number of aromatic nitrogens is 1. The Hall–Kier alpha value is -1.34. The highest BCUT2D eigenvalue weighted by Gasteiger charge is 2.13. The molecule has 0 radical (unpaired) electrons. The van der Waals surface area contributed by atoms with Gasteiger partial charge in [0, 0.05) is 22.4 Å². The van der Waals surface area contributed by atoms with E-state index < -0.39 is 0 Å². The Morgan fingerprint density at radius 2 is 1.89 bits per heavy atom. The zero-order valence-corrected chi connectivity index (χ0v) is 12.7. The third-order valence-electron chi connectivity index (χ3n) is 2.49. The lowest BCUT2D eigenvalue weighted by atomic mass is 10.0. The minimum absolute atomic E-state index is 0.319. The summed E-state index contributed by atoms with van der Waals surface area (Å²) in [5.74, 6) is 0. The Labute approximate surface area is 129 Å². The summed E-state index contributed by atoms with van der Waals surface area (Å²) in [6.07, 6.45) is 3.22. The van der Waals surface area contributed by atoms with Crippen LogP contribution in [0.15, 0.2) is 47.2 Å². The zero-order valence-electron chi connectivity index (χ0n) is 9.57. The van der Waals surface area contributed by atoms with E-state index >= 15 is 0 Å². The average Bonchev–Trinajstić information content (AvgIpc) is 2.44. The molecular formula is C14H7BrCl2N2. The second-order valence-electron chi connectivity index (χ2n) is 3.64. The van der Waals surface area contributed by atoms with Crippen LogP contribution in [-0.4, -0.2) is 4.98 Å². The number of benzene rings is 1. The predicted octanol–water partition coefficient (Wildman–Crippen LogP) is 5.13. The number of hydrogen-bond donors (Lipinski definition) is 0. The third kappa shape index (κ3) is 2.98. The zero-order chi connectivity index (χ0) is 13.8. The Kier molecular flexibility index (Phi) is 4.60. The number of rotatable bonds is 2. The molecule has 0 saturated heterocycles. The first-order valence-corrected chi connectivity index (χ1v) is 6.84. The van der Waals surface area contributed by atoms with E-state index in [-0.39, 0.29) is 0 Å². The molecule has 0 atom stereocenters. The summed E-state index contributed by atoms with van der Waals surface area (Å²) < 4.78 is 0.733. The van der Waals surface area contributed by atoms with E-state index in [1.54, 1.807) is 30.6 Å². The molecule has 0 aliphatic rings. The molecule has 2 rings (SSSR count). The Morgan fingerprint density at radius 1 is 1.21 bits per heavy atom. The highest BCUT2D eigenvalue weighted by molar-refractivity contribution is 9.10. The summed E-state index contributed by atoms with van der Waals surface area (Å²) in [7, 11) is 0. The molecule has 0 aliphatic heterocycles. The van der Waals surface area contributed by atoms with E-state index in [9.17, 15) is 5.26 Å². The van der Waals surface area contributed by atoms with Crippen LogP contribution in [-0.2, 0) is 0 Å². The number of nitrogens with zero attached hydrogens (tertiary/aromatic N) is 2. The molecule has 1 aromatic heterocycles. The second kappa shape index (κ2) is 6.21. The van der Waals surface area contributed by atoms with Crippen LogP contribution >= 0.6 is 39.1 Å². The maximum atomic E-state index is 9.30. The third-order valence-corrected chi connectivity index (χ3v) is 4.18. The van der Waals surface area contributed by atoms with Crippen LogP contribution in [0.3, 0.4) is 0 Å². The molecule has 0 amide bonds. The molecule has 1 heterocycles. The summed E-state index contributed by atoms with van der Waals surface area (Å²) in [5.41, 5.74) is 1.69. The molecule has 1 aromatic carbocycles. The van der Waals surface area contributed by atoms with E-state index in [0.29, 0.717) is 26.8 Å². The van der Waals surface area contributed by atoms with E-state index in [2.05, 4.69) is 27.0 Å². The first kappa shape index (κ1) is 14.1. The Balaban J connectivity index is 2.63. The molecule has 0 N–H and O–H groups in total. The lowest BCUT2D eigenvalue weighted by Crippen LogP contribution is -1.88. The van der Waals surface area contributed by atoms with E-state index in [0.717, 1.165) is 4.47 Å². The molecule has 0 aliphatic carbocycles. The molecule has 0 bridgehead atoms. The van der Waals surface area contributed by atoms with Gasteiger partial charge in [-0.05, 0) is 39.7 Å². The van der Waals surface area contributed by atoms with Crippen molar-refractivity contribution >= 4 is 49.7 Å². The Bertz CT molecular complexity index is 676. The molecule has 0 unspecified atom stereocenters. The highest BCUT2D eigenvalue weighted by Crippen LogP contribution is 2.36. The van der Waals surface area contributed by atoms with Crippen LogP contribution in [0.5, 0.6) is 0 Å². The molecule has 19 heavy (non-hydrogen) atoms. The Morgan fingerprint density at radius 3 is 2.53 bits per heavy atom.